The molecule has 2 aromatic rings. The number of rotatable bonds is 9. The van der Waals surface area contributed by atoms with Crippen molar-refractivity contribution in [2.24, 2.45) is 0 Å². The first kappa shape index (κ1) is 25.9. The average molecular weight is 482 g/mol. The molecule has 2 aromatic carbocycles. The van der Waals surface area contributed by atoms with Gasteiger partial charge in [-0.1, -0.05) is 13.8 Å². The molecule has 188 valence electrons. The van der Waals surface area contributed by atoms with Crippen LogP contribution in [0, 0.1) is 0 Å². The van der Waals surface area contributed by atoms with Gasteiger partial charge in [-0.25, -0.2) is 4.79 Å². The van der Waals surface area contributed by atoms with E-state index in [1.54, 1.807) is 23.8 Å². The number of nitrogens with one attached hydrogen (secondary N) is 2. The molecule has 1 saturated heterocycles. The third-order valence-corrected chi connectivity index (χ3v) is 5.91. The van der Waals surface area contributed by atoms with Gasteiger partial charge >= 0.3 is 6.03 Å². The number of amides is 4. The lowest BCUT2D eigenvalue weighted by Crippen LogP contribution is -2.50. The van der Waals surface area contributed by atoms with E-state index in [0.29, 0.717) is 44.8 Å². The molecule has 4 amide bonds. The van der Waals surface area contributed by atoms with Crippen molar-refractivity contribution in [2.45, 2.75) is 26.7 Å². The fraction of sp³-hybridized carbons (Fsp3) is 0.423. The maximum atomic E-state index is 12.6. The summed E-state index contributed by atoms with van der Waals surface area (Å²) in [6.07, 6.45) is 1.20. The fourth-order valence-corrected chi connectivity index (χ4v) is 3.96. The molecule has 9 heteroatoms. The molecule has 35 heavy (non-hydrogen) atoms. The second-order valence-corrected chi connectivity index (χ2v) is 8.40. The van der Waals surface area contributed by atoms with Crippen LogP contribution in [0.4, 0.5) is 21.9 Å². The standard InChI is InChI=1S/C26H35N5O4/c1-4-14-31(25(33)5-2)19-24(32)27-20-6-10-22(11-7-20)29-15-17-30(18-16-29)26(34)28-21-8-12-23(35-3)13-9-21/h6-13H,4-5,14-19H2,1-3H3,(H,27,32)(H,28,34). The number of ether oxygens (including phenoxy) is 1. The molecule has 0 radical (unpaired) electrons. The Bertz CT molecular complexity index is 986. The minimum Gasteiger partial charge on any atom is -0.497 e. The summed E-state index contributed by atoms with van der Waals surface area (Å²) < 4.78 is 5.14. The molecule has 0 bridgehead atoms. The summed E-state index contributed by atoms with van der Waals surface area (Å²) in [6, 6.07) is 14.8. The number of urea groups is 1. The smallest absolute Gasteiger partial charge is 0.321 e. The van der Waals surface area contributed by atoms with Gasteiger partial charge in [0.15, 0.2) is 0 Å². The number of piperazine rings is 1. The SMILES string of the molecule is CCCN(CC(=O)Nc1ccc(N2CCN(C(=O)Nc3ccc(OC)cc3)CC2)cc1)C(=O)CC. The fourth-order valence-electron chi connectivity index (χ4n) is 3.96. The number of carbonyl (C=O) groups excluding carboxylic acids is 3. The monoisotopic (exact) mass is 481 g/mol. The van der Waals surface area contributed by atoms with Gasteiger partial charge in [0.05, 0.1) is 13.7 Å². The van der Waals surface area contributed by atoms with Crippen LogP contribution in [0.1, 0.15) is 26.7 Å². The van der Waals surface area contributed by atoms with Gasteiger partial charge in [-0.05, 0) is 55.0 Å². The van der Waals surface area contributed by atoms with Gasteiger partial charge in [0, 0.05) is 56.2 Å². The number of anilines is 3. The second kappa shape index (κ2) is 12.6. The van der Waals surface area contributed by atoms with E-state index in [1.807, 2.05) is 55.5 Å². The van der Waals surface area contributed by atoms with Crippen LogP contribution in [-0.2, 0) is 9.59 Å². The van der Waals surface area contributed by atoms with Crippen LogP contribution >= 0.6 is 0 Å². The molecule has 0 aromatic heterocycles. The average Bonchev–Trinajstić information content (AvgIpc) is 2.89. The number of hydrogen-bond donors (Lipinski definition) is 2. The highest BCUT2D eigenvalue weighted by Crippen LogP contribution is 2.21. The molecular formula is C26H35N5O4. The number of benzene rings is 2. The number of carbonyl (C=O) groups is 3. The predicted molar refractivity (Wildman–Crippen MR) is 138 cm³/mol. The molecule has 2 N–H and O–H groups in total. The van der Waals surface area contributed by atoms with Gasteiger partial charge in [-0.2, -0.15) is 0 Å². The van der Waals surface area contributed by atoms with Gasteiger partial charge < -0.3 is 30.1 Å². The van der Waals surface area contributed by atoms with Gasteiger partial charge in [0.1, 0.15) is 5.75 Å². The summed E-state index contributed by atoms with van der Waals surface area (Å²) in [7, 11) is 1.61. The Balaban J connectivity index is 1.47. The molecule has 9 nitrogen and oxygen atoms in total. The van der Waals surface area contributed by atoms with E-state index < -0.39 is 0 Å². The van der Waals surface area contributed by atoms with Crippen molar-refractivity contribution in [3.05, 3.63) is 48.5 Å². The van der Waals surface area contributed by atoms with Gasteiger partial charge in [-0.3, -0.25) is 9.59 Å². The van der Waals surface area contributed by atoms with Crippen molar-refractivity contribution < 1.29 is 19.1 Å². The van der Waals surface area contributed by atoms with E-state index in [9.17, 15) is 14.4 Å². The third kappa shape index (κ3) is 7.37. The van der Waals surface area contributed by atoms with Crippen LogP contribution in [-0.4, -0.2) is 74.0 Å². The zero-order valence-electron chi connectivity index (χ0n) is 20.8. The Kier molecular flexibility index (Phi) is 9.34. The van der Waals surface area contributed by atoms with E-state index in [1.165, 1.54) is 0 Å². The lowest BCUT2D eigenvalue weighted by molar-refractivity contribution is -0.134. The van der Waals surface area contributed by atoms with E-state index in [4.69, 9.17) is 4.74 Å². The summed E-state index contributed by atoms with van der Waals surface area (Å²) in [6.45, 7) is 7.07. The topological polar surface area (TPSA) is 94.2 Å². The molecular weight excluding hydrogens is 446 g/mol. The first-order valence-electron chi connectivity index (χ1n) is 12.1. The molecule has 0 unspecified atom stereocenters. The molecule has 0 aliphatic carbocycles. The Labute approximate surface area is 207 Å². The second-order valence-electron chi connectivity index (χ2n) is 8.40. The molecule has 0 spiro atoms. The summed E-state index contributed by atoms with van der Waals surface area (Å²) in [4.78, 5) is 42.6. The highest BCUT2D eigenvalue weighted by atomic mass is 16.5. The first-order chi connectivity index (χ1) is 16.9. The lowest BCUT2D eigenvalue weighted by Gasteiger charge is -2.36. The summed E-state index contributed by atoms with van der Waals surface area (Å²) in [5.74, 6) is 0.519. The number of nitrogens with zero attached hydrogens (tertiary/aromatic N) is 3. The molecule has 1 heterocycles. The van der Waals surface area contributed by atoms with Crippen LogP contribution < -0.4 is 20.3 Å². The van der Waals surface area contributed by atoms with Crippen molar-refractivity contribution in [2.75, 3.05) is 61.9 Å². The van der Waals surface area contributed by atoms with Crippen LogP contribution in [0.25, 0.3) is 0 Å². The van der Waals surface area contributed by atoms with Crippen LogP contribution in [0.5, 0.6) is 5.75 Å². The van der Waals surface area contributed by atoms with Gasteiger partial charge in [0.25, 0.3) is 0 Å². The van der Waals surface area contributed by atoms with Crippen LogP contribution in [0.3, 0.4) is 0 Å². The van der Waals surface area contributed by atoms with Gasteiger partial charge in [-0.15, -0.1) is 0 Å². The zero-order chi connectivity index (χ0) is 25.2. The summed E-state index contributed by atoms with van der Waals surface area (Å²) >= 11 is 0. The Morgan fingerprint density at radius 2 is 1.49 bits per heavy atom. The van der Waals surface area contributed by atoms with E-state index in [2.05, 4.69) is 15.5 Å². The Hall–Kier alpha value is -3.75. The molecule has 1 fully saturated rings. The Morgan fingerprint density at radius 3 is 2.06 bits per heavy atom. The Morgan fingerprint density at radius 1 is 0.886 bits per heavy atom. The van der Waals surface area contributed by atoms with E-state index in [-0.39, 0.29) is 24.4 Å². The maximum Gasteiger partial charge on any atom is 0.321 e. The lowest BCUT2D eigenvalue weighted by atomic mass is 10.2. The van der Waals surface area contributed by atoms with Crippen LogP contribution in [0.15, 0.2) is 48.5 Å². The zero-order valence-corrected chi connectivity index (χ0v) is 20.8. The van der Waals surface area contributed by atoms with Crippen molar-refractivity contribution in [1.29, 1.82) is 0 Å². The van der Waals surface area contributed by atoms with Gasteiger partial charge in [0.2, 0.25) is 11.8 Å². The largest absolute Gasteiger partial charge is 0.497 e. The van der Waals surface area contributed by atoms with Crippen LogP contribution in [0.2, 0.25) is 0 Å². The third-order valence-electron chi connectivity index (χ3n) is 5.91. The number of hydrogen-bond acceptors (Lipinski definition) is 5. The molecule has 0 saturated carbocycles. The minimum atomic E-state index is -0.204. The van der Waals surface area contributed by atoms with E-state index in [0.717, 1.165) is 23.5 Å². The molecule has 1 aliphatic heterocycles. The summed E-state index contributed by atoms with van der Waals surface area (Å²) in [5, 5.41) is 5.80. The number of methoxy groups -OCH3 is 1. The van der Waals surface area contributed by atoms with Crippen molar-refractivity contribution in [1.82, 2.24) is 9.80 Å². The highest BCUT2D eigenvalue weighted by molar-refractivity contribution is 5.94. The predicted octanol–water partition coefficient (Wildman–Crippen LogP) is 3.64. The van der Waals surface area contributed by atoms with Crippen molar-refractivity contribution >= 4 is 34.9 Å². The van der Waals surface area contributed by atoms with E-state index >= 15 is 0 Å². The maximum absolute atomic E-state index is 12.6. The summed E-state index contributed by atoms with van der Waals surface area (Å²) in [5.41, 5.74) is 2.45. The quantitative estimate of drug-likeness (QED) is 0.570. The van der Waals surface area contributed by atoms with Crippen molar-refractivity contribution in [3.63, 3.8) is 0 Å². The van der Waals surface area contributed by atoms with Crippen molar-refractivity contribution in [3.8, 4) is 5.75 Å². The normalized spacial score (nSPS) is 13.2. The molecule has 1 aliphatic rings. The molecule has 3 rings (SSSR count). The first-order valence-corrected chi connectivity index (χ1v) is 12.1. The highest BCUT2D eigenvalue weighted by Gasteiger charge is 2.21. The molecule has 0 atom stereocenters. The minimum absolute atomic E-state index is 0.0193.